The van der Waals surface area contributed by atoms with E-state index in [0.29, 0.717) is 0 Å². The summed E-state index contributed by atoms with van der Waals surface area (Å²) in [6.07, 6.45) is 2.86. The Morgan fingerprint density at radius 3 is 2.62 bits per heavy atom. The third-order valence-corrected chi connectivity index (χ3v) is 4.17. The van der Waals surface area contributed by atoms with Gasteiger partial charge in [-0.1, -0.05) is 42.5 Å². The summed E-state index contributed by atoms with van der Waals surface area (Å²) in [5, 5.41) is 6.71. The van der Waals surface area contributed by atoms with Crippen LogP contribution in [0.2, 0.25) is 0 Å². The highest BCUT2D eigenvalue weighted by Crippen LogP contribution is 2.11. The van der Waals surface area contributed by atoms with E-state index in [9.17, 15) is 0 Å². The number of nitrogens with one attached hydrogen (secondary N) is 3. The maximum atomic E-state index is 4.67. The molecule has 0 atom stereocenters. The zero-order valence-corrected chi connectivity index (χ0v) is 15.3. The molecule has 136 valence electrons. The van der Waals surface area contributed by atoms with Crippen LogP contribution < -0.4 is 10.6 Å². The Bertz CT molecular complexity index is 790. The molecule has 0 aliphatic heterocycles. The first kappa shape index (κ1) is 18.0. The molecule has 3 aromatic rings. The standard InChI is InChI=1S/C21H27N5/c1-2-22-21(24-16-14-17-9-4-3-5-10-17)23-15-8-13-20-25-18-11-6-7-12-19(18)26-20/h3-7,9-12H,2,8,13-16H2,1H3,(H,25,26)(H2,22,23,24). The molecule has 1 aromatic heterocycles. The maximum absolute atomic E-state index is 4.67. The summed E-state index contributed by atoms with van der Waals surface area (Å²) in [5.74, 6) is 1.91. The lowest BCUT2D eigenvalue weighted by molar-refractivity contribution is 0.764. The minimum atomic E-state index is 0.776. The van der Waals surface area contributed by atoms with Gasteiger partial charge < -0.3 is 15.6 Å². The smallest absolute Gasteiger partial charge is 0.191 e. The number of hydrogen-bond donors (Lipinski definition) is 3. The van der Waals surface area contributed by atoms with Crippen molar-refractivity contribution >= 4 is 17.0 Å². The average molecular weight is 349 g/mol. The van der Waals surface area contributed by atoms with Crippen molar-refractivity contribution < 1.29 is 0 Å². The molecule has 0 saturated carbocycles. The van der Waals surface area contributed by atoms with Gasteiger partial charge in [-0.3, -0.25) is 4.99 Å². The van der Waals surface area contributed by atoms with Crippen LogP contribution in [0.25, 0.3) is 11.0 Å². The molecule has 0 radical (unpaired) electrons. The second-order valence-corrected chi connectivity index (χ2v) is 6.23. The van der Waals surface area contributed by atoms with Gasteiger partial charge in [0.1, 0.15) is 5.82 Å². The van der Waals surface area contributed by atoms with Gasteiger partial charge in [0.2, 0.25) is 0 Å². The molecule has 5 nitrogen and oxygen atoms in total. The molecular formula is C21H27N5. The Kier molecular flexibility index (Phi) is 6.65. The Morgan fingerprint density at radius 2 is 1.81 bits per heavy atom. The molecule has 0 bridgehead atoms. The van der Waals surface area contributed by atoms with Crippen LogP contribution in [0.15, 0.2) is 59.6 Å². The van der Waals surface area contributed by atoms with Crippen molar-refractivity contribution in [2.45, 2.75) is 26.2 Å². The second kappa shape index (κ2) is 9.61. The minimum Gasteiger partial charge on any atom is -0.357 e. The quantitative estimate of drug-likeness (QED) is 0.332. The SMILES string of the molecule is CCNC(=NCCCc1nc2ccccc2[nH]1)NCCc1ccccc1. The highest BCUT2D eigenvalue weighted by atomic mass is 15.2. The van der Waals surface area contributed by atoms with E-state index in [2.05, 4.69) is 62.8 Å². The van der Waals surface area contributed by atoms with Gasteiger partial charge in [-0.2, -0.15) is 0 Å². The van der Waals surface area contributed by atoms with Gasteiger partial charge in [-0.15, -0.1) is 0 Å². The summed E-state index contributed by atoms with van der Waals surface area (Å²) < 4.78 is 0. The molecule has 0 fully saturated rings. The molecule has 5 heteroatoms. The van der Waals surface area contributed by atoms with Crippen LogP contribution in [0.5, 0.6) is 0 Å². The second-order valence-electron chi connectivity index (χ2n) is 6.23. The van der Waals surface area contributed by atoms with Crippen LogP contribution >= 0.6 is 0 Å². The number of aliphatic imine (C=N–C) groups is 1. The van der Waals surface area contributed by atoms with Crippen molar-refractivity contribution in [2.75, 3.05) is 19.6 Å². The van der Waals surface area contributed by atoms with Crippen LogP contribution in [-0.2, 0) is 12.8 Å². The van der Waals surface area contributed by atoms with Gasteiger partial charge in [-0.05, 0) is 37.5 Å². The monoisotopic (exact) mass is 349 g/mol. The number of aryl methyl sites for hydroxylation is 1. The van der Waals surface area contributed by atoms with Crippen LogP contribution in [-0.4, -0.2) is 35.6 Å². The lowest BCUT2D eigenvalue weighted by Crippen LogP contribution is -2.38. The fourth-order valence-corrected chi connectivity index (χ4v) is 2.87. The number of guanidine groups is 1. The fourth-order valence-electron chi connectivity index (χ4n) is 2.87. The van der Waals surface area contributed by atoms with Gasteiger partial charge in [0.25, 0.3) is 0 Å². The number of para-hydroxylation sites is 2. The number of imidazole rings is 1. The van der Waals surface area contributed by atoms with Gasteiger partial charge in [-0.25, -0.2) is 4.98 Å². The van der Waals surface area contributed by atoms with E-state index in [1.54, 1.807) is 0 Å². The summed E-state index contributed by atoms with van der Waals surface area (Å²) in [6, 6.07) is 18.6. The average Bonchev–Trinajstić information content (AvgIpc) is 3.09. The van der Waals surface area contributed by atoms with Crippen LogP contribution in [0.4, 0.5) is 0 Å². The molecule has 3 N–H and O–H groups in total. The van der Waals surface area contributed by atoms with E-state index in [-0.39, 0.29) is 0 Å². The summed E-state index contributed by atoms with van der Waals surface area (Å²) in [4.78, 5) is 12.7. The largest absolute Gasteiger partial charge is 0.357 e. The Labute approximate surface area is 155 Å². The third kappa shape index (κ3) is 5.34. The van der Waals surface area contributed by atoms with Gasteiger partial charge >= 0.3 is 0 Å². The minimum absolute atomic E-state index is 0.776. The predicted molar refractivity (Wildman–Crippen MR) is 109 cm³/mol. The lowest BCUT2D eigenvalue weighted by Gasteiger charge is -2.11. The number of H-pyrrole nitrogens is 1. The number of nitrogens with zero attached hydrogens (tertiary/aromatic N) is 2. The zero-order valence-electron chi connectivity index (χ0n) is 15.3. The molecule has 0 aliphatic rings. The van der Waals surface area contributed by atoms with Gasteiger partial charge in [0.15, 0.2) is 5.96 Å². The summed E-state index contributed by atoms with van der Waals surface area (Å²) in [5.41, 5.74) is 3.46. The Balaban J connectivity index is 1.44. The number of rotatable bonds is 8. The fraction of sp³-hybridized carbons (Fsp3) is 0.333. The molecule has 0 amide bonds. The molecule has 1 heterocycles. The van der Waals surface area contributed by atoms with Crippen molar-refractivity contribution in [1.29, 1.82) is 0 Å². The van der Waals surface area contributed by atoms with E-state index >= 15 is 0 Å². The van der Waals surface area contributed by atoms with Gasteiger partial charge in [0, 0.05) is 26.1 Å². The Morgan fingerprint density at radius 1 is 1.00 bits per heavy atom. The zero-order chi connectivity index (χ0) is 18.0. The molecule has 3 rings (SSSR count). The highest BCUT2D eigenvalue weighted by Gasteiger charge is 2.02. The number of aromatic nitrogens is 2. The van der Waals surface area contributed by atoms with Gasteiger partial charge in [0.05, 0.1) is 11.0 Å². The molecule has 0 aliphatic carbocycles. The summed E-state index contributed by atoms with van der Waals surface area (Å²) in [6.45, 7) is 4.60. The first-order valence-electron chi connectivity index (χ1n) is 9.35. The topological polar surface area (TPSA) is 65.1 Å². The van der Waals surface area contributed by atoms with Crippen molar-refractivity contribution in [1.82, 2.24) is 20.6 Å². The number of benzene rings is 2. The first-order chi connectivity index (χ1) is 12.8. The predicted octanol–water partition coefficient (Wildman–Crippen LogP) is 3.29. The van der Waals surface area contributed by atoms with Crippen LogP contribution in [0.1, 0.15) is 24.7 Å². The van der Waals surface area contributed by atoms with Crippen LogP contribution in [0, 0.1) is 0 Å². The highest BCUT2D eigenvalue weighted by molar-refractivity contribution is 5.79. The molecule has 0 saturated heterocycles. The maximum Gasteiger partial charge on any atom is 0.191 e. The van der Waals surface area contributed by atoms with E-state index in [4.69, 9.17) is 0 Å². The number of hydrogen-bond acceptors (Lipinski definition) is 2. The van der Waals surface area contributed by atoms with Crippen molar-refractivity contribution in [2.24, 2.45) is 4.99 Å². The molecule has 26 heavy (non-hydrogen) atoms. The summed E-state index contributed by atoms with van der Waals surface area (Å²) >= 11 is 0. The number of fused-ring (bicyclic) bond motifs is 1. The van der Waals surface area contributed by atoms with Crippen LogP contribution in [0.3, 0.4) is 0 Å². The van der Waals surface area contributed by atoms with Crippen molar-refractivity contribution in [3.05, 3.63) is 66.0 Å². The normalized spacial score (nSPS) is 11.7. The third-order valence-electron chi connectivity index (χ3n) is 4.17. The van der Waals surface area contributed by atoms with Crippen molar-refractivity contribution in [3.63, 3.8) is 0 Å². The van der Waals surface area contributed by atoms with E-state index in [1.807, 2.05) is 24.3 Å². The first-order valence-corrected chi connectivity index (χ1v) is 9.35. The van der Waals surface area contributed by atoms with E-state index < -0.39 is 0 Å². The van der Waals surface area contributed by atoms with Crippen molar-refractivity contribution in [3.8, 4) is 0 Å². The lowest BCUT2D eigenvalue weighted by atomic mass is 10.1. The van der Waals surface area contributed by atoms with E-state index in [0.717, 1.165) is 61.7 Å². The summed E-state index contributed by atoms with van der Waals surface area (Å²) in [7, 11) is 0. The molecular weight excluding hydrogens is 322 g/mol. The molecule has 0 unspecified atom stereocenters. The van der Waals surface area contributed by atoms with E-state index in [1.165, 1.54) is 5.56 Å². The molecule has 0 spiro atoms. The molecule has 2 aromatic carbocycles. The Hall–Kier alpha value is -2.82. The number of aromatic amines is 1.